The quantitative estimate of drug-likeness (QED) is 0.0750. The molecule has 2 nitrogen and oxygen atoms in total. The zero-order chi connectivity index (χ0) is 32.7. The summed E-state index contributed by atoms with van der Waals surface area (Å²) < 4.78 is 0. The maximum absolute atomic E-state index is 9.81. The van der Waals surface area contributed by atoms with Gasteiger partial charge >= 0.3 is 0 Å². The van der Waals surface area contributed by atoms with Gasteiger partial charge < -0.3 is 0 Å². The van der Waals surface area contributed by atoms with E-state index in [0.717, 1.165) is 21.9 Å². The minimum Gasteiger partial charge on any atom is -0.192 e. The average molecular weight is 649 g/mol. The van der Waals surface area contributed by atoms with E-state index in [-0.39, 0.29) is 15.8 Å². The van der Waals surface area contributed by atoms with E-state index < -0.39 is 0 Å². The molecule has 0 saturated heterocycles. The molecule has 46 heavy (non-hydrogen) atoms. The van der Waals surface area contributed by atoms with Crippen LogP contribution in [-0.2, 0) is 0 Å². The van der Waals surface area contributed by atoms with Crippen molar-refractivity contribution in [2.75, 3.05) is 24.6 Å². The third-order valence-electron chi connectivity index (χ3n) is 9.31. The summed E-state index contributed by atoms with van der Waals surface area (Å²) in [6, 6.07) is 27.0. The highest BCUT2D eigenvalue weighted by atomic mass is 31.1. The first-order valence-electron chi connectivity index (χ1n) is 18.0. The Labute approximate surface area is 282 Å². The molecule has 0 spiro atoms. The summed E-state index contributed by atoms with van der Waals surface area (Å²) in [5.74, 6) is 0. The van der Waals surface area contributed by atoms with Gasteiger partial charge in [-0.15, -0.1) is 0 Å². The highest BCUT2D eigenvalue weighted by Crippen LogP contribution is 2.48. The lowest BCUT2D eigenvalue weighted by Crippen LogP contribution is -2.17. The minimum atomic E-state index is -0.342. The zero-order valence-electron chi connectivity index (χ0n) is 28.9. The van der Waals surface area contributed by atoms with E-state index in [2.05, 4.69) is 88.4 Å². The molecule has 0 bridgehead atoms. The summed E-state index contributed by atoms with van der Waals surface area (Å²) in [5, 5.41) is 27.6. The van der Waals surface area contributed by atoms with Gasteiger partial charge in [0, 0.05) is 0 Å². The highest BCUT2D eigenvalue weighted by molar-refractivity contribution is 7.66. The first-order valence-corrected chi connectivity index (χ1v) is 21.5. The fourth-order valence-electron chi connectivity index (χ4n) is 6.74. The van der Waals surface area contributed by atoms with Crippen molar-refractivity contribution in [3.63, 3.8) is 0 Å². The molecule has 0 aliphatic heterocycles. The molecule has 0 amide bonds. The molecule has 242 valence electrons. The molecule has 4 aromatic carbocycles. The predicted octanol–water partition coefficient (Wildman–Crippen LogP) is 12.4. The lowest BCUT2D eigenvalue weighted by Gasteiger charge is -2.28. The van der Waals surface area contributed by atoms with Gasteiger partial charge in [-0.1, -0.05) is 131 Å². The Bertz CT molecular complexity index is 1500. The predicted molar refractivity (Wildman–Crippen MR) is 207 cm³/mol. The Morgan fingerprint density at radius 1 is 0.457 bits per heavy atom. The second-order valence-corrected chi connectivity index (χ2v) is 17.7. The van der Waals surface area contributed by atoms with E-state index in [1.807, 2.05) is 12.1 Å². The van der Waals surface area contributed by atoms with Crippen molar-refractivity contribution >= 4 is 48.0 Å². The van der Waals surface area contributed by atoms with Crippen molar-refractivity contribution in [3.8, 4) is 23.3 Å². The van der Waals surface area contributed by atoms with Gasteiger partial charge in [0.05, 0.1) is 23.3 Å². The van der Waals surface area contributed by atoms with Gasteiger partial charge in [0.1, 0.15) is 0 Å². The van der Waals surface area contributed by atoms with Crippen LogP contribution in [0.4, 0.5) is 0 Å². The van der Waals surface area contributed by atoms with E-state index in [1.54, 1.807) is 10.6 Å². The Hall–Kier alpha value is -2.76. The van der Waals surface area contributed by atoms with Crippen LogP contribution in [0.2, 0.25) is 0 Å². The molecule has 0 heterocycles. The normalized spacial score (nSPS) is 11.5. The van der Waals surface area contributed by atoms with Gasteiger partial charge in [-0.25, -0.2) is 0 Å². The van der Waals surface area contributed by atoms with E-state index in [0.29, 0.717) is 0 Å². The monoisotopic (exact) mass is 648 g/mol. The summed E-state index contributed by atoms with van der Waals surface area (Å²) in [5.41, 5.74) is 4.28. The molecule has 0 atom stereocenters. The van der Waals surface area contributed by atoms with E-state index in [1.165, 1.54) is 124 Å². The first kappa shape index (κ1) is 36.1. The maximum Gasteiger partial charge on any atom is 0.0991 e. The lowest BCUT2D eigenvalue weighted by atomic mass is 9.92. The Kier molecular flexibility index (Phi) is 15.0. The number of nitriles is 2. The molecule has 4 rings (SSSR count). The van der Waals surface area contributed by atoms with Crippen molar-refractivity contribution < 1.29 is 0 Å². The Balaban J connectivity index is 2.07. The number of rotatable bonds is 19. The number of hydrogen-bond donors (Lipinski definition) is 0. The molecule has 4 aromatic rings. The van der Waals surface area contributed by atoms with E-state index in [4.69, 9.17) is 0 Å². The fourth-order valence-corrected chi connectivity index (χ4v) is 12.2. The van der Waals surface area contributed by atoms with Crippen LogP contribution in [0.3, 0.4) is 0 Å². The van der Waals surface area contributed by atoms with Crippen molar-refractivity contribution in [2.24, 2.45) is 0 Å². The van der Waals surface area contributed by atoms with Crippen LogP contribution in [0, 0.1) is 22.7 Å². The summed E-state index contributed by atoms with van der Waals surface area (Å²) in [6.45, 7) is 9.24. The third kappa shape index (κ3) is 9.19. The molecule has 0 aliphatic rings. The fraction of sp³-hybridized carbons (Fsp3) is 0.476. The SMILES string of the molecule is CCCCCP(CCCCC)c1ccc2cc(C#N)ccc2c1-c1c(P(CCCCC)CCCCC)ccc2cc(C#N)ccc12. The summed E-state index contributed by atoms with van der Waals surface area (Å²) in [6.07, 6.45) is 20.4. The number of benzene rings is 4. The first-order chi connectivity index (χ1) is 22.6. The standard InChI is InChI=1S/C42H54N2P2/c1-5-9-13-25-45(26-14-10-6-2)39-23-19-35-29-33(31-43)17-21-37(35)41(39)42-38-22-18-34(32-44)30-36(38)20-24-40(42)46(27-15-11-7-3)28-16-12-8-4/h17-24,29-30H,5-16,25-28H2,1-4H3. The topological polar surface area (TPSA) is 47.6 Å². The molecule has 0 unspecified atom stereocenters. The average Bonchev–Trinajstić information content (AvgIpc) is 3.09. The van der Waals surface area contributed by atoms with Gasteiger partial charge in [-0.05, 0) is 118 Å². The molecule has 0 fully saturated rings. The lowest BCUT2D eigenvalue weighted by molar-refractivity contribution is 0.763. The molecule has 0 radical (unpaired) electrons. The smallest absolute Gasteiger partial charge is 0.0991 e. The van der Waals surface area contributed by atoms with Crippen LogP contribution in [0.5, 0.6) is 0 Å². The molecule has 0 N–H and O–H groups in total. The van der Waals surface area contributed by atoms with Crippen LogP contribution >= 0.6 is 15.8 Å². The van der Waals surface area contributed by atoms with Crippen LogP contribution in [0.1, 0.15) is 116 Å². The van der Waals surface area contributed by atoms with Crippen LogP contribution in [-0.4, -0.2) is 24.6 Å². The van der Waals surface area contributed by atoms with Gasteiger partial charge in [0.25, 0.3) is 0 Å². The van der Waals surface area contributed by atoms with Crippen molar-refractivity contribution in [3.05, 3.63) is 71.8 Å². The molecular weight excluding hydrogens is 594 g/mol. The van der Waals surface area contributed by atoms with Crippen LogP contribution in [0.15, 0.2) is 60.7 Å². The number of fused-ring (bicyclic) bond motifs is 2. The Morgan fingerprint density at radius 2 is 0.804 bits per heavy atom. The second-order valence-electron chi connectivity index (χ2n) is 12.8. The van der Waals surface area contributed by atoms with Crippen molar-refractivity contribution in [2.45, 2.75) is 105 Å². The van der Waals surface area contributed by atoms with E-state index in [9.17, 15) is 10.5 Å². The molecule has 0 aromatic heterocycles. The van der Waals surface area contributed by atoms with Crippen LogP contribution < -0.4 is 10.6 Å². The molecule has 0 saturated carbocycles. The summed E-state index contributed by atoms with van der Waals surface area (Å²) >= 11 is 0. The van der Waals surface area contributed by atoms with Crippen molar-refractivity contribution in [1.29, 1.82) is 10.5 Å². The number of nitrogens with zero attached hydrogens (tertiary/aromatic N) is 2. The molecule has 0 aliphatic carbocycles. The Morgan fingerprint density at radius 3 is 1.11 bits per heavy atom. The van der Waals surface area contributed by atoms with Gasteiger partial charge in [-0.3, -0.25) is 0 Å². The maximum atomic E-state index is 9.81. The third-order valence-corrected chi connectivity index (χ3v) is 14.8. The largest absolute Gasteiger partial charge is 0.192 e. The van der Waals surface area contributed by atoms with E-state index >= 15 is 0 Å². The van der Waals surface area contributed by atoms with Gasteiger partial charge in [-0.2, -0.15) is 10.5 Å². The van der Waals surface area contributed by atoms with Gasteiger partial charge in [0.15, 0.2) is 0 Å². The van der Waals surface area contributed by atoms with Gasteiger partial charge in [0.2, 0.25) is 0 Å². The second kappa shape index (κ2) is 19.2. The molecular formula is C42H54N2P2. The van der Waals surface area contributed by atoms with Crippen molar-refractivity contribution in [1.82, 2.24) is 0 Å². The zero-order valence-corrected chi connectivity index (χ0v) is 30.7. The number of hydrogen-bond acceptors (Lipinski definition) is 2. The minimum absolute atomic E-state index is 0.342. The van der Waals surface area contributed by atoms with Crippen LogP contribution in [0.25, 0.3) is 32.7 Å². The summed E-state index contributed by atoms with van der Waals surface area (Å²) in [4.78, 5) is 0. The molecule has 4 heteroatoms. The summed E-state index contributed by atoms with van der Waals surface area (Å²) in [7, 11) is -0.683. The number of unbranched alkanes of at least 4 members (excludes halogenated alkanes) is 8. The highest BCUT2D eigenvalue weighted by Gasteiger charge is 2.25.